The fourth-order valence-electron chi connectivity index (χ4n) is 3.73. The Kier molecular flexibility index (Phi) is 8.85. The highest BCUT2D eigenvalue weighted by Crippen LogP contribution is 2.36. The van der Waals surface area contributed by atoms with Gasteiger partial charge in [-0.2, -0.15) is 0 Å². The third-order valence-corrected chi connectivity index (χ3v) is 5.59. The lowest BCUT2D eigenvalue weighted by Gasteiger charge is -2.19. The Labute approximate surface area is 189 Å². The van der Waals surface area contributed by atoms with E-state index in [2.05, 4.69) is 15.5 Å². The van der Waals surface area contributed by atoms with E-state index in [4.69, 9.17) is 21.1 Å². The minimum absolute atomic E-state index is 0.0405. The SMILES string of the molecule is CCOc1c(Cl)cc(CNc2ccc(NC(=O)CN3CCCCCC3)cc2)cc1OC. The molecule has 1 amide bonds. The van der Waals surface area contributed by atoms with E-state index < -0.39 is 0 Å². The number of nitrogens with one attached hydrogen (secondary N) is 2. The zero-order chi connectivity index (χ0) is 22.1. The molecule has 0 atom stereocenters. The van der Waals surface area contributed by atoms with Crippen molar-refractivity contribution in [1.29, 1.82) is 0 Å². The van der Waals surface area contributed by atoms with Gasteiger partial charge in [-0.25, -0.2) is 0 Å². The molecular formula is C24H32ClN3O3. The van der Waals surface area contributed by atoms with Crippen molar-refractivity contribution >= 4 is 28.9 Å². The second kappa shape index (κ2) is 11.8. The summed E-state index contributed by atoms with van der Waals surface area (Å²) in [6.07, 6.45) is 4.89. The molecule has 0 spiro atoms. The second-order valence-corrected chi connectivity index (χ2v) is 8.12. The summed E-state index contributed by atoms with van der Waals surface area (Å²) in [7, 11) is 1.60. The van der Waals surface area contributed by atoms with E-state index in [1.807, 2.05) is 43.3 Å². The van der Waals surface area contributed by atoms with Crippen molar-refractivity contribution in [2.75, 3.05) is 44.0 Å². The van der Waals surface area contributed by atoms with Crippen molar-refractivity contribution in [3.05, 3.63) is 47.0 Å². The highest BCUT2D eigenvalue weighted by molar-refractivity contribution is 6.32. The average Bonchev–Trinajstić information content (AvgIpc) is 3.03. The van der Waals surface area contributed by atoms with Crippen LogP contribution in [0.15, 0.2) is 36.4 Å². The Bertz CT molecular complexity index is 850. The molecule has 0 unspecified atom stereocenters. The van der Waals surface area contributed by atoms with Crippen LogP contribution in [0.3, 0.4) is 0 Å². The van der Waals surface area contributed by atoms with Gasteiger partial charge in [-0.15, -0.1) is 0 Å². The number of likely N-dealkylation sites (tertiary alicyclic amines) is 1. The fourth-order valence-corrected chi connectivity index (χ4v) is 4.02. The molecule has 1 aliphatic heterocycles. The molecule has 31 heavy (non-hydrogen) atoms. The van der Waals surface area contributed by atoms with E-state index in [1.165, 1.54) is 25.7 Å². The Morgan fingerprint density at radius 3 is 2.39 bits per heavy atom. The third kappa shape index (κ3) is 7.04. The molecule has 0 bridgehead atoms. The second-order valence-electron chi connectivity index (χ2n) is 7.71. The van der Waals surface area contributed by atoms with Gasteiger partial charge in [-0.05, 0) is 74.8 Å². The monoisotopic (exact) mass is 445 g/mol. The van der Waals surface area contributed by atoms with Gasteiger partial charge in [-0.3, -0.25) is 9.69 Å². The van der Waals surface area contributed by atoms with Crippen LogP contribution in [0.4, 0.5) is 11.4 Å². The van der Waals surface area contributed by atoms with Crippen LogP contribution in [0.1, 0.15) is 38.2 Å². The molecule has 7 heteroatoms. The first-order chi connectivity index (χ1) is 15.1. The van der Waals surface area contributed by atoms with Crippen molar-refractivity contribution in [1.82, 2.24) is 4.90 Å². The predicted octanol–water partition coefficient (Wildman–Crippen LogP) is 5.17. The highest BCUT2D eigenvalue weighted by atomic mass is 35.5. The molecule has 168 valence electrons. The molecule has 0 saturated carbocycles. The van der Waals surface area contributed by atoms with E-state index in [9.17, 15) is 4.79 Å². The lowest BCUT2D eigenvalue weighted by molar-refractivity contribution is -0.117. The molecule has 6 nitrogen and oxygen atoms in total. The number of nitrogens with zero attached hydrogens (tertiary/aromatic N) is 1. The van der Waals surface area contributed by atoms with E-state index in [0.29, 0.717) is 36.2 Å². The lowest BCUT2D eigenvalue weighted by atomic mass is 10.2. The summed E-state index contributed by atoms with van der Waals surface area (Å²) in [6, 6.07) is 11.5. The van der Waals surface area contributed by atoms with Crippen LogP contribution in [0.2, 0.25) is 5.02 Å². The predicted molar refractivity (Wildman–Crippen MR) is 126 cm³/mol. The number of hydrogen-bond donors (Lipinski definition) is 2. The number of ether oxygens (including phenoxy) is 2. The molecule has 1 aliphatic rings. The molecular weight excluding hydrogens is 414 g/mol. The Morgan fingerprint density at radius 1 is 1.06 bits per heavy atom. The number of carbonyl (C=O) groups is 1. The van der Waals surface area contributed by atoms with Crippen molar-refractivity contribution in [3.8, 4) is 11.5 Å². The summed E-state index contributed by atoms with van der Waals surface area (Å²) >= 11 is 6.35. The molecule has 2 aromatic rings. The molecule has 1 fully saturated rings. The molecule has 1 heterocycles. The maximum absolute atomic E-state index is 12.4. The zero-order valence-corrected chi connectivity index (χ0v) is 19.1. The fraction of sp³-hybridized carbons (Fsp3) is 0.458. The van der Waals surface area contributed by atoms with E-state index >= 15 is 0 Å². The maximum atomic E-state index is 12.4. The molecule has 2 N–H and O–H groups in total. The minimum Gasteiger partial charge on any atom is -0.493 e. The molecule has 0 aromatic heterocycles. The first-order valence-electron chi connectivity index (χ1n) is 10.9. The molecule has 0 radical (unpaired) electrons. The Hall–Kier alpha value is -2.44. The van der Waals surface area contributed by atoms with Gasteiger partial charge in [0.05, 0.1) is 25.3 Å². The summed E-state index contributed by atoms with van der Waals surface area (Å²) < 4.78 is 11.0. The van der Waals surface area contributed by atoms with Gasteiger partial charge in [0.1, 0.15) is 0 Å². The van der Waals surface area contributed by atoms with Crippen LogP contribution in [0.5, 0.6) is 11.5 Å². The molecule has 2 aromatic carbocycles. The van der Waals surface area contributed by atoms with Gasteiger partial charge in [0.15, 0.2) is 11.5 Å². The van der Waals surface area contributed by atoms with Crippen LogP contribution in [-0.4, -0.2) is 44.2 Å². The maximum Gasteiger partial charge on any atom is 0.238 e. The van der Waals surface area contributed by atoms with Gasteiger partial charge in [-0.1, -0.05) is 24.4 Å². The third-order valence-electron chi connectivity index (χ3n) is 5.31. The summed E-state index contributed by atoms with van der Waals surface area (Å²) in [5.41, 5.74) is 2.74. The van der Waals surface area contributed by atoms with Crippen LogP contribution in [0, 0.1) is 0 Å². The van der Waals surface area contributed by atoms with E-state index in [1.54, 1.807) is 7.11 Å². The summed E-state index contributed by atoms with van der Waals surface area (Å²) in [5, 5.41) is 6.89. The standard InChI is InChI=1S/C24H32ClN3O3/c1-3-31-24-21(25)14-18(15-22(24)30-2)16-26-19-8-10-20(11-9-19)27-23(29)17-28-12-6-4-5-7-13-28/h8-11,14-15,26H,3-7,12-13,16-17H2,1-2H3,(H,27,29). The number of anilines is 2. The van der Waals surface area contributed by atoms with Gasteiger partial charge in [0, 0.05) is 17.9 Å². The summed E-state index contributed by atoms with van der Waals surface area (Å²) in [6.45, 7) is 5.50. The van der Waals surface area contributed by atoms with Gasteiger partial charge in [0.2, 0.25) is 5.91 Å². The number of hydrogen-bond acceptors (Lipinski definition) is 5. The quantitative estimate of drug-likeness (QED) is 0.557. The highest BCUT2D eigenvalue weighted by Gasteiger charge is 2.13. The normalized spacial score (nSPS) is 14.5. The van der Waals surface area contributed by atoms with Crippen molar-refractivity contribution in [3.63, 3.8) is 0 Å². The van der Waals surface area contributed by atoms with Crippen molar-refractivity contribution < 1.29 is 14.3 Å². The Morgan fingerprint density at radius 2 is 1.74 bits per heavy atom. The largest absolute Gasteiger partial charge is 0.493 e. The average molecular weight is 446 g/mol. The van der Waals surface area contributed by atoms with Gasteiger partial charge >= 0.3 is 0 Å². The minimum atomic E-state index is 0.0405. The number of halogens is 1. The first-order valence-corrected chi connectivity index (χ1v) is 11.3. The smallest absolute Gasteiger partial charge is 0.238 e. The number of benzene rings is 2. The number of methoxy groups -OCH3 is 1. The van der Waals surface area contributed by atoms with Crippen molar-refractivity contribution in [2.45, 2.75) is 39.2 Å². The van der Waals surface area contributed by atoms with Crippen molar-refractivity contribution in [2.24, 2.45) is 0 Å². The summed E-state index contributed by atoms with van der Waals surface area (Å²) in [5.74, 6) is 1.23. The Balaban J connectivity index is 1.52. The van der Waals surface area contributed by atoms with Gasteiger partial charge < -0.3 is 20.1 Å². The van der Waals surface area contributed by atoms with Crippen LogP contribution in [-0.2, 0) is 11.3 Å². The number of amides is 1. The topological polar surface area (TPSA) is 62.8 Å². The van der Waals surface area contributed by atoms with Crippen LogP contribution >= 0.6 is 11.6 Å². The first kappa shape index (κ1) is 23.2. The molecule has 0 aliphatic carbocycles. The number of rotatable bonds is 9. The summed E-state index contributed by atoms with van der Waals surface area (Å²) in [4.78, 5) is 14.6. The lowest BCUT2D eigenvalue weighted by Crippen LogP contribution is -2.33. The van der Waals surface area contributed by atoms with Crippen LogP contribution < -0.4 is 20.1 Å². The van der Waals surface area contributed by atoms with Gasteiger partial charge in [0.25, 0.3) is 0 Å². The molecule has 1 saturated heterocycles. The number of carbonyl (C=O) groups excluding carboxylic acids is 1. The van der Waals surface area contributed by atoms with E-state index in [0.717, 1.165) is 30.0 Å². The van der Waals surface area contributed by atoms with E-state index in [-0.39, 0.29) is 5.91 Å². The zero-order valence-electron chi connectivity index (χ0n) is 18.4. The van der Waals surface area contributed by atoms with Crippen LogP contribution in [0.25, 0.3) is 0 Å². The molecule has 3 rings (SSSR count).